The fraction of sp³-hybridized carbons (Fsp3) is 0. The Labute approximate surface area is 129 Å². The summed E-state index contributed by atoms with van der Waals surface area (Å²) in [6.45, 7) is 0. The lowest BCUT2D eigenvalue weighted by Gasteiger charge is -1.95. The summed E-state index contributed by atoms with van der Waals surface area (Å²) in [6, 6.07) is 7.46. The Morgan fingerprint density at radius 2 is 2.00 bits per heavy atom. The van der Waals surface area contributed by atoms with E-state index in [1.807, 2.05) is 29.6 Å². The minimum atomic E-state index is -0.240. The molecule has 1 fully saturated rings. The van der Waals surface area contributed by atoms with Gasteiger partial charge in [-0.3, -0.25) is 10.1 Å². The average molecular weight is 322 g/mol. The first-order valence-corrected chi connectivity index (χ1v) is 7.34. The van der Waals surface area contributed by atoms with Crippen molar-refractivity contribution in [1.29, 1.82) is 0 Å². The highest BCUT2D eigenvalue weighted by molar-refractivity contribution is 7.80. The van der Waals surface area contributed by atoms with E-state index in [9.17, 15) is 4.79 Å². The van der Waals surface area contributed by atoms with Crippen LogP contribution in [0.3, 0.4) is 0 Å². The zero-order valence-corrected chi connectivity index (χ0v) is 12.4. The van der Waals surface area contributed by atoms with E-state index in [1.54, 1.807) is 6.08 Å². The quantitative estimate of drug-likeness (QED) is 0.659. The summed E-state index contributed by atoms with van der Waals surface area (Å²) >= 11 is 12.2. The lowest BCUT2D eigenvalue weighted by molar-refractivity contribution is -0.115. The van der Waals surface area contributed by atoms with Gasteiger partial charge in [0, 0.05) is 16.0 Å². The summed E-state index contributed by atoms with van der Waals surface area (Å²) in [5, 5.41) is 9.05. The maximum absolute atomic E-state index is 11.5. The first-order chi connectivity index (χ1) is 9.61. The number of carbonyl (C=O) groups is 1. The molecular weight excluding hydrogens is 314 g/mol. The van der Waals surface area contributed by atoms with Crippen LogP contribution in [0, 0.1) is 0 Å². The molecule has 3 rings (SSSR count). The van der Waals surface area contributed by atoms with Crippen LogP contribution >= 0.6 is 35.2 Å². The normalized spacial score (nSPS) is 16.4. The van der Waals surface area contributed by atoms with E-state index in [0.29, 0.717) is 21.5 Å². The first kappa shape index (κ1) is 13.2. The predicted octanol–water partition coefficient (Wildman–Crippen LogP) is 2.81. The number of amides is 1. The van der Waals surface area contributed by atoms with E-state index in [1.165, 1.54) is 11.3 Å². The van der Waals surface area contributed by atoms with Crippen molar-refractivity contribution in [3.63, 3.8) is 0 Å². The van der Waals surface area contributed by atoms with E-state index < -0.39 is 0 Å². The van der Waals surface area contributed by atoms with Crippen molar-refractivity contribution in [3.8, 4) is 10.6 Å². The Morgan fingerprint density at radius 1 is 1.25 bits per heavy atom. The average Bonchev–Trinajstić information content (AvgIpc) is 2.98. The number of thiazole rings is 1. The number of aromatic nitrogens is 1. The number of hydrogen-bond donors (Lipinski definition) is 2. The molecule has 0 unspecified atom stereocenters. The molecule has 1 aliphatic heterocycles. The summed E-state index contributed by atoms with van der Waals surface area (Å²) in [5.74, 6) is -0.240. The number of carbonyl (C=O) groups excluding carboxylic acids is 1. The highest BCUT2D eigenvalue weighted by atomic mass is 35.5. The van der Waals surface area contributed by atoms with E-state index in [4.69, 9.17) is 23.8 Å². The molecule has 1 aliphatic rings. The van der Waals surface area contributed by atoms with Crippen LogP contribution < -0.4 is 10.6 Å². The molecule has 0 aliphatic carbocycles. The second-order valence-electron chi connectivity index (χ2n) is 4.05. The Morgan fingerprint density at radius 3 is 2.65 bits per heavy atom. The Kier molecular flexibility index (Phi) is 3.52. The molecule has 2 aromatic rings. The van der Waals surface area contributed by atoms with Crippen LogP contribution in [0.15, 0.2) is 35.3 Å². The Balaban J connectivity index is 1.87. The lowest BCUT2D eigenvalue weighted by Crippen LogP contribution is -2.21. The number of benzene rings is 1. The van der Waals surface area contributed by atoms with Gasteiger partial charge in [-0.1, -0.05) is 23.7 Å². The molecule has 100 valence electrons. The summed E-state index contributed by atoms with van der Waals surface area (Å²) in [4.78, 5) is 16.0. The van der Waals surface area contributed by atoms with Gasteiger partial charge in [-0.2, -0.15) is 0 Å². The molecule has 20 heavy (non-hydrogen) atoms. The van der Waals surface area contributed by atoms with Gasteiger partial charge in [0.05, 0.1) is 5.69 Å². The predicted molar refractivity (Wildman–Crippen MR) is 84.4 cm³/mol. The van der Waals surface area contributed by atoms with Crippen molar-refractivity contribution in [1.82, 2.24) is 15.6 Å². The first-order valence-electron chi connectivity index (χ1n) is 5.67. The second-order valence-corrected chi connectivity index (χ2v) is 5.75. The van der Waals surface area contributed by atoms with Crippen LogP contribution in [0.1, 0.15) is 5.69 Å². The SMILES string of the molecule is O=C1NC(=S)N/C1=C\c1csc(-c2ccc(Cl)cc2)n1. The number of hydrogen-bond acceptors (Lipinski definition) is 4. The molecular formula is C13H8ClN3OS2. The van der Waals surface area contributed by atoms with Crippen LogP contribution in [-0.4, -0.2) is 16.0 Å². The third-order valence-corrected chi connectivity index (χ3v) is 3.99. The lowest BCUT2D eigenvalue weighted by atomic mass is 10.2. The van der Waals surface area contributed by atoms with Crippen molar-refractivity contribution < 1.29 is 4.79 Å². The van der Waals surface area contributed by atoms with Crippen LogP contribution in [0.2, 0.25) is 5.02 Å². The van der Waals surface area contributed by atoms with Crippen LogP contribution in [0.5, 0.6) is 0 Å². The summed E-state index contributed by atoms with van der Waals surface area (Å²) in [7, 11) is 0. The Hall–Kier alpha value is -1.76. The number of rotatable bonds is 2. The zero-order valence-electron chi connectivity index (χ0n) is 10.0. The molecule has 1 aromatic carbocycles. The number of nitrogens with zero attached hydrogens (tertiary/aromatic N) is 1. The largest absolute Gasteiger partial charge is 0.328 e. The molecule has 0 saturated carbocycles. The van der Waals surface area contributed by atoms with Crippen LogP contribution in [-0.2, 0) is 4.79 Å². The van der Waals surface area contributed by atoms with E-state index in [-0.39, 0.29) is 5.91 Å². The highest BCUT2D eigenvalue weighted by Crippen LogP contribution is 2.25. The smallest absolute Gasteiger partial charge is 0.273 e. The topological polar surface area (TPSA) is 54.0 Å². The van der Waals surface area contributed by atoms with Gasteiger partial charge in [0.25, 0.3) is 5.91 Å². The summed E-state index contributed by atoms with van der Waals surface area (Å²) < 4.78 is 0. The molecule has 1 aromatic heterocycles. The van der Waals surface area contributed by atoms with Gasteiger partial charge in [-0.15, -0.1) is 11.3 Å². The fourth-order valence-corrected chi connectivity index (χ4v) is 2.82. The van der Waals surface area contributed by atoms with Crippen LogP contribution in [0.4, 0.5) is 0 Å². The maximum atomic E-state index is 11.5. The van der Waals surface area contributed by atoms with Crippen molar-refractivity contribution in [3.05, 3.63) is 46.1 Å². The van der Waals surface area contributed by atoms with Crippen molar-refractivity contribution in [2.45, 2.75) is 0 Å². The van der Waals surface area contributed by atoms with Crippen molar-refractivity contribution in [2.24, 2.45) is 0 Å². The van der Waals surface area contributed by atoms with Gasteiger partial charge < -0.3 is 5.32 Å². The number of nitrogens with one attached hydrogen (secondary N) is 2. The minimum absolute atomic E-state index is 0.240. The molecule has 1 saturated heterocycles. The monoisotopic (exact) mass is 321 g/mol. The third-order valence-electron chi connectivity index (χ3n) is 2.63. The van der Waals surface area contributed by atoms with E-state index in [0.717, 1.165) is 10.6 Å². The summed E-state index contributed by atoms with van der Waals surface area (Å²) in [5.41, 5.74) is 2.11. The molecule has 2 heterocycles. The van der Waals surface area contributed by atoms with Gasteiger partial charge in [0.15, 0.2) is 5.11 Å². The molecule has 2 N–H and O–H groups in total. The maximum Gasteiger partial charge on any atom is 0.273 e. The highest BCUT2D eigenvalue weighted by Gasteiger charge is 2.20. The van der Waals surface area contributed by atoms with Crippen LogP contribution in [0.25, 0.3) is 16.6 Å². The van der Waals surface area contributed by atoms with Gasteiger partial charge in [-0.05, 0) is 30.4 Å². The number of thiocarbonyl (C=S) groups is 1. The molecule has 0 spiro atoms. The van der Waals surface area contributed by atoms with Gasteiger partial charge in [-0.25, -0.2) is 4.98 Å². The molecule has 4 nitrogen and oxygen atoms in total. The number of halogens is 1. The third kappa shape index (κ3) is 2.72. The molecule has 0 radical (unpaired) electrons. The Bertz CT molecular complexity index is 721. The van der Waals surface area contributed by atoms with Crippen molar-refractivity contribution in [2.75, 3.05) is 0 Å². The molecule has 1 amide bonds. The summed E-state index contributed by atoms with van der Waals surface area (Å²) in [6.07, 6.45) is 1.67. The van der Waals surface area contributed by atoms with Crippen molar-refractivity contribution >= 4 is 52.3 Å². The standard InChI is InChI=1S/C13H8ClN3OS2/c14-8-3-1-7(2-4-8)12-15-9(6-20-12)5-10-11(18)17-13(19)16-10/h1-6H,(H2,16,17,18,19)/b10-5-. The zero-order chi connectivity index (χ0) is 14.1. The fourth-order valence-electron chi connectivity index (χ4n) is 1.71. The molecule has 0 atom stereocenters. The van der Waals surface area contributed by atoms with Gasteiger partial charge in [0.1, 0.15) is 10.7 Å². The van der Waals surface area contributed by atoms with Gasteiger partial charge in [0.2, 0.25) is 0 Å². The van der Waals surface area contributed by atoms with E-state index >= 15 is 0 Å². The molecule has 7 heteroatoms. The second kappa shape index (κ2) is 5.32. The van der Waals surface area contributed by atoms with E-state index in [2.05, 4.69) is 15.6 Å². The van der Waals surface area contributed by atoms with Gasteiger partial charge >= 0.3 is 0 Å². The molecule has 0 bridgehead atoms. The minimum Gasteiger partial charge on any atom is -0.328 e.